The molecule has 0 bridgehead atoms. The Balaban J connectivity index is 2.10. The van der Waals surface area contributed by atoms with E-state index >= 15 is 0 Å². The molecule has 29 heavy (non-hydrogen) atoms. The number of alkyl halides is 3. The average Bonchev–Trinajstić information content (AvgIpc) is 2.95. The number of amides is 2. The second-order valence-corrected chi connectivity index (χ2v) is 8.80. The first-order valence-electron chi connectivity index (χ1n) is 9.41. The van der Waals surface area contributed by atoms with Crippen LogP contribution in [0.4, 0.5) is 18.0 Å². The lowest BCUT2D eigenvalue weighted by Gasteiger charge is -2.29. The lowest BCUT2D eigenvalue weighted by molar-refractivity contribution is -0.794. The molecule has 2 amide bonds. The Bertz CT molecular complexity index is 783. The molecule has 5 nitrogen and oxygen atoms in total. The molecule has 0 saturated carbocycles. The summed E-state index contributed by atoms with van der Waals surface area (Å²) in [5, 5.41) is 9.77. The van der Waals surface area contributed by atoms with Gasteiger partial charge < -0.3 is 5.11 Å². The van der Waals surface area contributed by atoms with Crippen LogP contribution in [-0.4, -0.2) is 45.0 Å². The molecule has 1 saturated heterocycles. The van der Waals surface area contributed by atoms with Gasteiger partial charge in [-0.25, -0.2) is 4.79 Å². The molecule has 0 aromatic heterocycles. The first kappa shape index (κ1) is 23.4. The summed E-state index contributed by atoms with van der Waals surface area (Å²) in [6, 6.07) is 4.55. The fraction of sp³-hybridized carbons (Fsp3) is 0.550. The fourth-order valence-electron chi connectivity index (χ4n) is 4.04. The van der Waals surface area contributed by atoms with Gasteiger partial charge in [-0.05, 0) is 31.4 Å². The Morgan fingerprint density at radius 3 is 2.55 bits per heavy atom. The number of carbonyl (C=O) groups is 3. The molecule has 3 atom stereocenters. The van der Waals surface area contributed by atoms with Crippen LogP contribution in [0.25, 0.3) is 0 Å². The van der Waals surface area contributed by atoms with Crippen LogP contribution in [-0.2, 0) is 22.2 Å². The van der Waals surface area contributed by atoms with Crippen LogP contribution in [0.5, 0.6) is 0 Å². The molecule has 1 N–H and O–H groups in total. The van der Waals surface area contributed by atoms with Crippen molar-refractivity contribution in [2.75, 3.05) is 12.3 Å². The molecule has 0 spiro atoms. The largest absolute Gasteiger partial charge is 0.521 e. The Morgan fingerprint density at radius 1 is 1.28 bits per heavy atom. The molecule has 1 fully saturated rings. The Hall–Kier alpha value is -1.87. The maximum absolute atomic E-state index is 12.9. The van der Waals surface area contributed by atoms with Crippen LogP contribution in [0.3, 0.4) is 0 Å². The van der Waals surface area contributed by atoms with Gasteiger partial charge in [0.2, 0.25) is 0 Å². The number of benzene rings is 1. The average molecular weight is 432 g/mol. The van der Waals surface area contributed by atoms with E-state index < -0.39 is 34.3 Å². The smallest absolute Gasteiger partial charge is 0.435 e. The van der Waals surface area contributed by atoms with E-state index in [1.165, 1.54) is 13.0 Å². The number of hydrogen-bond acceptors (Lipinski definition) is 4. The molecule has 2 rings (SSSR count). The summed E-state index contributed by atoms with van der Waals surface area (Å²) in [7, 11) is 0. The first-order chi connectivity index (χ1) is 13.5. The molecule has 9 heteroatoms. The van der Waals surface area contributed by atoms with Gasteiger partial charge in [0, 0.05) is 25.0 Å². The number of nitrogens with zero attached hydrogens (tertiary/aromatic N) is 1. The molecule has 2 unspecified atom stereocenters. The summed E-state index contributed by atoms with van der Waals surface area (Å²) >= 11 is 1.09. The molecule has 1 aliphatic heterocycles. The molecule has 160 valence electrons. The second kappa shape index (κ2) is 9.30. The van der Waals surface area contributed by atoms with Crippen molar-refractivity contribution in [2.45, 2.75) is 51.7 Å². The topological polar surface area (TPSA) is 71.4 Å². The van der Waals surface area contributed by atoms with E-state index in [4.69, 9.17) is 0 Å². The summed E-state index contributed by atoms with van der Waals surface area (Å²) < 4.78 is 38.1. The quantitative estimate of drug-likeness (QED) is 0.519. The van der Waals surface area contributed by atoms with Crippen molar-refractivity contribution in [3.63, 3.8) is 0 Å². The SMILES string of the molecule is CC(=O)SCCCC(=O)[N+]1(C(=O)O)C[C@@H](Cc2cccc(C(F)(F)F)c2)CC1C. The molecule has 1 aromatic carbocycles. The fourth-order valence-corrected chi connectivity index (χ4v) is 4.62. The Labute approximate surface area is 171 Å². The molecule has 1 aromatic rings. The predicted molar refractivity (Wildman–Crippen MR) is 103 cm³/mol. The van der Waals surface area contributed by atoms with Crippen molar-refractivity contribution < 1.29 is 37.1 Å². The Kier molecular flexibility index (Phi) is 7.50. The zero-order chi connectivity index (χ0) is 21.8. The van der Waals surface area contributed by atoms with E-state index in [2.05, 4.69) is 0 Å². The van der Waals surface area contributed by atoms with Gasteiger partial charge in [0.15, 0.2) is 5.12 Å². The monoisotopic (exact) mass is 432 g/mol. The van der Waals surface area contributed by atoms with Gasteiger partial charge in [0.05, 0.1) is 18.5 Å². The minimum Gasteiger partial charge on any atom is -0.435 e. The predicted octanol–water partition coefficient (Wildman–Crippen LogP) is 4.74. The number of carbonyl (C=O) groups excluding carboxylic acids is 2. The second-order valence-electron chi connectivity index (χ2n) is 7.52. The number of hydrogen-bond donors (Lipinski definition) is 1. The molecule has 1 aliphatic rings. The van der Waals surface area contributed by atoms with Crippen molar-refractivity contribution in [3.8, 4) is 0 Å². The highest BCUT2D eigenvalue weighted by Gasteiger charge is 2.55. The van der Waals surface area contributed by atoms with Gasteiger partial charge in [0.25, 0.3) is 0 Å². The van der Waals surface area contributed by atoms with Crippen LogP contribution in [0.15, 0.2) is 24.3 Å². The van der Waals surface area contributed by atoms with Crippen LogP contribution in [0.1, 0.15) is 44.2 Å². The van der Waals surface area contributed by atoms with Crippen LogP contribution in [0, 0.1) is 5.92 Å². The standard InChI is InChI=1S/C20H24F3NO4S/c1-13-9-16(10-15-5-3-6-17(11-15)20(21,22)23)12-24(13,19(27)28)18(26)7-4-8-29-14(2)25/h3,5-6,11,13,16H,4,7-10,12H2,1-2H3/p+1/t13?,16-,24?/m1/s1. The van der Waals surface area contributed by atoms with Crippen LogP contribution >= 0.6 is 11.8 Å². The van der Waals surface area contributed by atoms with Gasteiger partial charge in [-0.15, -0.1) is 0 Å². The molecular weight excluding hydrogens is 407 g/mol. The zero-order valence-electron chi connectivity index (χ0n) is 16.4. The van der Waals surface area contributed by atoms with Gasteiger partial charge in [-0.3, -0.25) is 4.79 Å². The minimum atomic E-state index is -4.44. The summed E-state index contributed by atoms with van der Waals surface area (Å²) in [6.45, 7) is 3.19. The normalized spacial score (nSPS) is 24.4. The highest BCUT2D eigenvalue weighted by atomic mass is 32.2. The van der Waals surface area contributed by atoms with Crippen molar-refractivity contribution in [2.24, 2.45) is 5.92 Å². The van der Waals surface area contributed by atoms with Crippen LogP contribution in [0.2, 0.25) is 0 Å². The van der Waals surface area contributed by atoms with Crippen molar-refractivity contribution in [1.82, 2.24) is 0 Å². The minimum absolute atomic E-state index is 0.0488. The number of quaternary nitrogens is 1. The summed E-state index contributed by atoms with van der Waals surface area (Å²) in [5.74, 6) is -0.177. The van der Waals surface area contributed by atoms with Gasteiger partial charge in [0.1, 0.15) is 6.04 Å². The summed E-state index contributed by atoms with van der Waals surface area (Å²) in [5.41, 5.74) is -0.258. The van der Waals surface area contributed by atoms with E-state index in [0.717, 1.165) is 23.9 Å². The number of likely N-dealkylation sites (tertiary alicyclic amines) is 1. The lowest BCUT2D eigenvalue weighted by atomic mass is 9.96. The molecule has 1 heterocycles. The van der Waals surface area contributed by atoms with E-state index in [1.54, 1.807) is 13.0 Å². The zero-order valence-corrected chi connectivity index (χ0v) is 17.2. The van der Waals surface area contributed by atoms with E-state index in [-0.39, 0.29) is 30.4 Å². The van der Waals surface area contributed by atoms with Gasteiger partial charge >= 0.3 is 18.2 Å². The number of carboxylic acid groups (broad SMARTS) is 1. The Morgan fingerprint density at radius 2 is 1.97 bits per heavy atom. The van der Waals surface area contributed by atoms with Crippen molar-refractivity contribution in [3.05, 3.63) is 35.4 Å². The molecular formula is C20H25F3NO4S+. The number of rotatable bonds is 6. The third kappa shape index (κ3) is 5.60. The van der Waals surface area contributed by atoms with Gasteiger partial charge in [-0.1, -0.05) is 30.0 Å². The number of halogens is 3. The molecule has 0 radical (unpaired) electrons. The highest BCUT2D eigenvalue weighted by molar-refractivity contribution is 8.13. The highest BCUT2D eigenvalue weighted by Crippen LogP contribution is 2.36. The van der Waals surface area contributed by atoms with Gasteiger partial charge in [-0.2, -0.15) is 22.4 Å². The van der Waals surface area contributed by atoms with E-state index in [0.29, 0.717) is 24.2 Å². The number of imide groups is 1. The van der Waals surface area contributed by atoms with Crippen LogP contribution < -0.4 is 0 Å². The first-order valence-corrected chi connectivity index (χ1v) is 10.4. The third-order valence-electron chi connectivity index (χ3n) is 5.38. The van der Waals surface area contributed by atoms with E-state index in [1.807, 2.05) is 0 Å². The van der Waals surface area contributed by atoms with Crippen molar-refractivity contribution in [1.29, 1.82) is 0 Å². The number of thioether (sulfide) groups is 1. The maximum Gasteiger partial charge on any atom is 0.521 e. The van der Waals surface area contributed by atoms with Crippen molar-refractivity contribution >= 4 is 28.9 Å². The summed E-state index contributed by atoms with van der Waals surface area (Å²) in [6.07, 6.45) is -4.48. The van der Waals surface area contributed by atoms with E-state index in [9.17, 15) is 32.7 Å². The molecule has 0 aliphatic carbocycles. The summed E-state index contributed by atoms with van der Waals surface area (Å²) in [4.78, 5) is 35.8. The lowest BCUT2D eigenvalue weighted by Crippen LogP contribution is -2.58. The third-order valence-corrected chi connectivity index (χ3v) is 6.28. The maximum atomic E-state index is 12.9.